The molecule has 0 spiro atoms. The van der Waals surface area contributed by atoms with Crippen molar-refractivity contribution < 1.29 is 4.39 Å². The molecule has 0 saturated heterocycles. The van der Waals surface area contributed by atoms with Gasteiger partial charge in [-0.2, -0.15) is 0 Å². The van der Waals surface area contributed by atoms with E-state index in [1.54, 1.807) is 12.1 Å². The van der Waals surface area contributed by atoms with Crippen molar-refractivity contribution in [3.05, 3.63) is 41.2 Å². The van der Waals surface area contributed by atoms with Crippen molar-refractivity contribution in [2.24, 2.45) is 0 Å². The van der Waals surface area contributed by atoms with Crippen LogP contribution in [0.4, 0.5) is 4.39 Å². The molecule has 0 atom stereocenters. The molecule has 3 nitrogen and oxygen atoms in total. The number of rotatable bonds is 2. The summed E-state index contributed by atoms with van der Waals surface area (Å²) in [5, 5.41) is 4.55. The molecule has 1 heterocycles. The van der Waals surface area contributed by atoms with Gasteiger partial charge in [0, 0.05) is 5.92 Å². The summed E-state index contributed by atoms with van der Waals surface area (Å²) < 4.78 is 14.3. The Morgan fingerprint density at radius 3 is 2.38 bits per heavy atom. The van der Waals surface area contributed by atoms with Crippen LogP contribution < -0.4 is 0 Å². The van der Waals surface area contributed by atoms with E-state index in [9.17, 15) is 4.39 Å². The largest absolute Gasteiger partial charge is 0.225 e. The fourth-order valence-electron chi connectivity index (χ4n) is 1.30. The van der Waals surface area contributed by atoms with E-state index >= 15 is 0 Å². The lowest BCUT2D eigenvalue weighted by atomic mass is 10.2. The lowest BCUT2D eigenvalue weighted by Gasteiger charge is -2.01. The molecule has 2 rings (SSSR count). The van der Waals surface area contributed by atoms with Gasteiger partial charge >= 0.3 is 0 Å². The average molecular weight is 240 g/mol. The van der Waals surface area contributed by atoms with Crippen LogP contribution in [0.3, 0.4) is 0 Å². The maximum Gasteiger partial charge on any atom is 0.225 e. The van der Waals surface area contributed by atoms with E-state index in [1.165, 1.54) is 16.8 Å². The standard InChI is InChI=1S/C11H11ClFN3/c1-7(2)10-14-11(12)16(15-10)9-5-3-8(13)4-6-9/h3-7H,1-2H3. The van der Waals surface area contributed by atoms with Crippen LogP contribution in [-0.2, 0) is 0 Å². The van der Waals surface area contributed by atoms with Gasteiger partial charge in [0.1, 0.15) is 5.82 Å². The minimum Gasteiger partial charge on any atom is -0.207 e. The molecule has 2 aromatic rings. The Labute approximate surface area is 97.9 Å². The van der Waals surface area contributed by atoms with Crippen molar-refractivity contribution in [1.82, 2.24) is 14.8 Å². The Bertz CT molecular complexity index is 490. The number of benzene rings is 1. The van der Waals surface area contributed by atoms with Crippen molar-refractivity contribution in [2.75, 3.05) is 0 Å². The van der Waals surface area contributed by atoms with E-state index in [0.29, 0.717) is 11.5 Å². The number of halogens is 2. The molecule has 0 bridgehead atoms. The van der Waals surface area contributed by atoms with Gasteiger partial charge in [-0.1, -0.05) is 13.8 Å². The Hall–Kier alpha value is -1.42. The predicted molar refractivity (Wildman–Crippen MR) is 60.4 cm³/mol. The van der Waals surface area contributed by atoms with Gasteiger partial charge < -0.3 is 0 Å². The third-order valence-corrected chi connectivity index (χ3v) is 2.42. The molecule has 0 amide bonds. The van der Waals surface area contributed by atoms with Crippen LogP contribution in [-0.4, -0.2) is 14.8 Å². The Balaban J connectivity index is 2.44. The van der Waals surface area contributed by atoms with Gasteiger partial charge in [-0.15, -0.1) is 5.10 Å². The highest BCUT2D eigenvalue weighted by atomic mass is 35.5. The zero-order chi connectivity index (χ0) is 11.7. The molecule has 5 heteroatoms. The molecule has 0 radical (unpaired) electrons. The Morgan fingerprint density at radius 1 is 1.25 bits per heavy atom. The molecule has 84 valence electrons. The molecule has 1 aromatic carbocycles. The van der Waals surface area contributed by atoms with Crippen LogP contribution in [0, 0.1) is 5.82 Å². The minimum atomic E-state index is -0.288. The van der Waals surface area contributed by atoms with Crippen molar-refractivity contribution in [3.63, 3.8) is 0 Å². The second-order valence-corrected chi connectivity index (χ2v) is 4.12. The summed E-state index contributed by atoms with van der Waals surface area (Å²) in [7, 11) is 0. The topological polar surface area (TPSA) is 30.7 Å². The summed E-state index contributed by atoms with van der Waals surface area (Å²) in [6.07, 6.45) is 0. The van der Waals surface area contributed by atoms with Crippen LogP contribution in [0.15, 0.2) is 24.3 Å². The summed E-state index contributed by atoms with van der Waals surface area (Å²) in [6.45, 7) is 3.97. The van der Waals surface area contributed by atoms with Gasteiger partial charge in [-0.25, -0.2) is 14.1 Å². The molecule has 0 N–H and O–H groups in total. The van der Waals surface area contributed by atoms with Gasteiger partial charge in [0.15, 0.2) is 5.82 Å². The third kappa shape index (κ3) is 2.07. The molecular weight excluding hydrogens is 229 g/mol. The van der Waals surface area contributed by atoms with E-state index in [-0.39, 0.29) is 17.0 Å². The molecule has 0 saturated carbocycles. The van der Waals surface area contributed by atoms with Crippen LogP contribution in [0.5, 0.6) is 0 Å². The van der Waals surface area contributed by atoms with E-state index in [0.717, 1.165) is 0 Å². The van der Waals surface area contributed by atoms with E-state index in [1.807, 2.05) is 13.8 Å². The lowest BCUT2D eigenvalue weighted by Crippen LogP contribution is -1.98. The van der Waals surface area contributed by atoms with Crippen LogP contribution in [0.2, 0.25) is 5.28 Å². The first kappa shape index (κ1) is 11.1. The fourth-order valence-corrected chi connectivity index (χ4v) is 1.52. The number of hydrogen-bond acceptors (Lipinski definition) is 2. The fraction of sp³-hybridized carbons (Fsp3) is 0.273. The molecule has 0 aliphatic carbocycles. The zero-order valence-corrected chi connectivity index (χ0v) is 9.74. The van der Waals surface area contributed by atoms with Crippen LogP contribution in [0.25, 0.3) is 5.69 Å². The lowest BCUT2D eigenvalue weighted by molar-refractivity contribution is 0.627. The van der Waals surface area contributed by atoms with Gasteiger partial charge in [-0.05, 0) is 35.9 Å². The smallest absolute Gasteiger partial charge is 0.207 e. The average Bonchev–Trinajstić information content (AvgIpc) is 2.62. The summed E-state index contributed by atoms with van der Waals surface area (Å²) in [5.41, 5.74) is 0.700. The van der Waals surface area contributed by atoms with Crippen LogP contribution in [0.1, 0.15) is 25.6 Å². The molecule has 0 fully saturated rings. The molecule has 1 aromatic heterocycles. The number of aromatic nitrogens is 3. The van der Waals surface area contributed by atoms with E-state index < -0.39 is 0 Å². The monoisotopic (exact) mass is 239 g/mol. The molecule has 0 aliphatic heterocycles. The SMILES string of the molecule is CC(C)c1nc(Cl)n(-c2ccc(F)cc2)n1. The van der Waals surface area contributed by atoms with Gasteiger partial charge in [0.25, 0.3) is 0 Å². The highest BCUT2D eigenvalue weighted by Gasteiger charge is 2.11. The van der Waals surface area contributed by atoms with Gasteiger partial charge in [-0.3, -0.25) is 0 Å². The molecule has 0 unspecified atom stereocenters. The Morgan fingerprint density at radius 2 is 1.88 bits per heavy atom. The summed E-state index contributed by atoms with van der Waals surface area (Å²) >= 11 is 5.96. The maximum atomic E-state index is 12.8. The second kappa shape index (κ2) is 4.22. The predicted octanol–water partition coefficient (Wildman–Crippen LogP) is 3.18. The minimum absolute atomic E-state index is 0.208. The highest BCUT2D eigenvalue weighted by molar-refractivity contribution is 6.28. The van der Waals surface area contributed by atoms with Crippen molar-refractivity contribution in [2.45, 2.75) is 19.8 Å². The van der Waals surface area contributed by atoms with E-state index in [4.69, 9.17) is 11.6 Å². The quantitative estimate of drug-likeness (QED) is 0.806. The maximum absolute atomic E-state index is 12.8. The molecule has 0 aliphatic rings. The molecular formula is C11H11ClFN3. The van der Waals surface area contributed by atoms with Crippen molar-refractivity contribution in [3.8, 4) is 5.69 Å². The van der Waals surface area contributed by atoms with Gasteiger partial charge in [0.2, 0.25) is 5.28 Å². The highest BCUT2D eigenvalue weighted by Crippen LogP contribution is 2.18. The van der Waals surface area contributed by atoms with Gasteiger partial charge in [0.05, 0.1) is 5.69 Å². The first-order valence-corrected chi connectivity index (χ1v) is 5.34. The Kier molecular flexibility index (Phi) is 2.92. The molecule has 16 heavy (non-hydrogen) atoms. The summed E-state index contributed by atoms with van der Waals surface area (Å²) in [4.78, 5) is 4.13. The first-order chi connectivity index (χ1) is 7.58. The van der Waals surface area contributed by atoms with Crippen molar-refractivity contribution in [1.29, 1.82) is 0 Å². The van der Waals surface area contributed by atoms with Crippen molar-refractivity contribution >= 4 is 11.6 Å². The number of nitrogens with zero attached hydrogens (tertiary/aromatic N) is 3. The third-order valence-electron chi connectivity index (χ3n) is 2.17. The van der Waals surface area contributed by atoms with Crippen LogP contribution >= 0.6 is 11.6 Å². The normalized spacial score (nSPS) is 11.1. The summed E-state index contributed by atoms with van der Waals surface area (Å²) in [5.74, 6) is 0.595. The second-order valence-electron chi connectivity index (χ2n) is 3.78. The number of hydrogen-bond donors (Lipinski definition) is 0. The zero-order valence-electron chi connectivity index (χ0n) is 8.98. The first-order valence-electron chi connectivity index (χ1n) is 4.96. The van der Waals surface area contributed by atoms with E-state index in [2.05, 4.69) is 10.1 Å². The summed E-state index contributed by atoms with van der Waals surface area (Å²) in [6, 6.07) is 5.95.